The van der Waals surface area contributed by atoms with Gasteiger partial charge in [0.15, 0.2) is 5.96 Å². The van der Waals surface area contributed by atoms with Crippen LogP contribution in [0.25, 0.3) is 0 Å². The summed E-state index contributed by atoms with van der Waals surface area (Å²) in [7, 11) is 1.65. The van der Waals surface area contributed by atoms with Gasteiger partial charge in [-0.25, -0.2) is 9.98 Å². The van der Waals surface area contributed by atoms with Gasteiger partial charge in [-0.1, -0.05) is 18.2 Å². The molecule has 2 heterocycles. The molecular formula is C23H32N6O2. The van der Waals surface area contributed by atoms with Gasteiger partial charge in [-0.05, 0) is 36.8 Å². The van der Waals surface area contributed by atoms with E-state index in [0.29, 0.717) is 25.5 Å². The van der Waals surface area contributed by atoms with Crippen LogP contribution in [-0.4, -0.2) is 68.1 Å². The van der Waals surface area contributed by atoms with Crippen molar-refractivity contribution in [2.24, 2.45) is 4.99 Å². The third-order valence-electron chi connectivity index (χ3n) is 5.16. The van der Waals surface area contributed by atoms with Crippen LogP contribution >= 0.6 is 0 Å². The Morgan fingerprint density at radius 3 is 2.52 bits per heavy atom. The number of amides is 1. The average molecular weight is 425 g/mol. The maximum Gasteiger partial charge on any atom is 0.224 e. The molecule has 3 rings (SSSR count). The number of aliphatic imine (C=N–C) groups is 1. The summed E-state index contributed by atoms with van der Waals surface area (Å²) in [6, 6.07) is 13.8. The van der Waals surface area contributed by atoms with Crippen molar-refractivity contribution in [2.75, 3.05) is 51.3 Å². The zero-order valence-electron chi connectivity index (χ0n) is 18.4. The number of aromatic nitrogens is 1. The average Bonchev–Trinajstić information content (AvgIpc) is 2.83. The number of ether oxygens (including phenoxy) is 1. The molecule has 1 amide bonds. The molecule has 1 aliphatic rings. The number of carbonyl (C=O) groups excluding carboxylic acids is 1. The summed E-state index contributed by atoms with van der Waals surface area (Å²) in [4.78, 5) is 25.8. The van der Waals surface area contributed by atoms with Crippen LogP contribution < -0.4 is 20.3 Å². The van der Waals surface area contributed by atoms with E-state index in [2.05, 4.69) is 25.5 Å². The van der Waals surface area contributed by atoms with Gasteiger partial charge in [-0.15, -0.1) is 0 Å². The number of anilines is 1. The Hall–Kier alpha value is -3.29. The van der Waals surface area contributed by atoms with E-state index in [0.717, 1.165) is 49.9 Å². The standard InChI is InChI=1S/C23H32N6O2/c1-3-24-23(27-18-19-7-9-20(31-2)10-8-19)26-13-11-22(30)29-16-14-28(15-17-29)21-6-4-5-12-25-21/h4-10,12H,3,11,13-18H2,1-2H3,(H2,24,26,27). The number of piperazine rings is 1. The molecule has 0 aliphatic carbocycles. The first kappa shape index (κ1) is 22.4. The maximum atomic E-state index is 12.6. The molecule has 8 nitrogen and oxygen atoms in total. The number of pyridine rings is 1. The quantitative estimate of drug-likeness (QED) is 0.498. The highest BCUT2D eigenvalue weighted by Gasteiger charge is 2.21. The van der Waals surface area contributed by atoms with E-state index in [1.165, 1.54) is 0 Å². The molecule has 0 spiro atoms. The normalized spacial score (nSPS) is 14.3. The van der Waals surface area contributed by atoms with Crippen molar-refractivity contribution in [3.63, 3.8) is 0 Å². The van der Waals surface area contributed by atoms with Crippen LogP contribution in [0, 0.1) is 0 Å². The van der Waals surface area contributed by atoms with E-state index in [4.69, 9.17) is 4.74 Å². The van der Waals surface area contributed by atoms with E-state index in [1.54, 1.807) is 13.3 Å². The summed E-state index contributed by atoms with van der Waals surface area (Å²) in [6.07, 6.45) is 2.24. The lowest BCUT2D eigenvalue weighted by molar-refractivity contribution is -0.131. The molecule has 8 heteroatoms. The summed E-state index contributed by atoms with van der Waals surface area (Å²) in [5.74, 6) is 2.68. The highest BCUT2D eigenvalue weighted by Crippen LogP contribution is 2.13. The number of nitrogens with one attached hydrogen (secondary N) is 2. The second-order valence-electron chi connectivity index (χ2n) is 7.28. The minimum absolute atomic E-state index is 0.166. The fourth-order valence-corrected chi connectivity index (χ4v) is 3.41. The molecule has 0 saturated carbocycles. The Morgan fingerprint density at radius 2 is 1.87 bits per heavy atom. The molecule has 0 radical (unpaired) electrons. The minimum Gasteiger partial charge on any atom is -0.497 e. The number of nitrogens with zero attached hydrogens (tertiary/aromatic N) is 4. The third-order valence-corrected chi connectivity index (χ3v) is 5.16. The molecule has 31 heavy (non-hydrogen) atoms. The molecule has 0 unspecified atom stereocenters. The van der Waals surface area contributed by atoms with Crippen LogP contribution in [0.1, 0.15) is 18.9 Å². The topological polar surface area (TPSA) is 82.1 Å². The number of rotatable bonds is 8. The van der Waals surface area contributed by atoms with Gasteiger partial charge in [-0.3, -0.25) is 4.79 Å². The molecular weight excluding hydrogens is 392 g/mol. The second kappa shape index (κ2) is 11.8. The number of hydrogen-bond acceptors (Lipinski definition) is 5. The van der Waals surface area contributed by atoms with Crippen molar-refractivity contribution >= 4 is 17.7 Å². The van der Waals surface area contributed by atoms with Gasteiger partial charge >= 0.3 is 0 Å². The molecule has 1 fully saturated rings. The number of benzene rings is 1. The Morgan fingerprint density at radius 1 is 1.10 bits per heavy atom. The number of guanidine groups is 1. The lowest BCUT2D eigenvalue weighted by atomic mass is 10.2. The van der Waals surface area contributed by atoms with Crippen molar-refractivity contribution in [2.45, 2.75) is 19.9 Å². The van der Waals surface area contributed by atoms with Crippen LogP contribution in [-0.2, 0) is 11.3 Å². The minimum atomic E-state index is 0.166. The molecule has 1 aromatic carbocycles. The fraction of sp³-hybridized carbons (Fsp3) is 0.435. The first-order valence-corrected chi connectivity index (χ1v) is 10.8. The first-order chi connectivity index (χ1) is 15.2. The van der Waals surface area contributed by atoms with Crippen LogP contribution in [0.5, 0.6) is 5.75 Å². The molecule has 0 bridgehead atoms. The second-order valence-corrected chi connectivity index (χ2v) is 7.28. The van der Waals surface area contributed by atoms with Gasteiger partial charge in [0.2, 0.25) is 5.91 Å². The fourth-order valence-electron chi connectivity index (χ4n) is 3.41. The van der Waals surface area contributed by atoms with Crippen LogP contribution in [0.2, 0.25) is 0 Å². The largest absolute Gasteiger partial charge is 0.497 e. The molecule has 1 aromatic heterocycles. The summed E-state index contributed by atoms with van der Waals surface area (Å²) >= 11 is 0. The first-order valence-electron chi connectivity index (χ1n) is 10.8. The van der Waals surface area contributed by atoms with E-state index < -0.39 is 0 Å². The van der Waals surface area contributed by atoms with Crippen molar-refractivity contribution < 1.29 is 9.53 Å². The molecule has 1 aliphatic heterocycles. The Bertz CT molecular complexity index is 833. The van der Waals surface area contributed by atoms with Crippen molar-refractivity contribution in [3.8, 4) is 5.75 Å². The molecule has 1 saturated heterocycles. The number of methoxy groups -OCH3 is 1. The van der Waals surface area contributed by atoms with Gasteiger partial charge in [0.25, 0.3) is 0 Å². The van der Waals surface area contributed by atoms with Gasteiger partial charge in [0.05, 0.1) is 13.7 Å². The molecule has 0 atom stereocenters. The summed E-state index contributed by atoms with van der Waals surface area (Å²) in [5.41, 5.74) is 1.10. The molecule has 2 N–H and O–H groups in total. The Balaban J connectivity index is 1.42. The summed E-state index contributed by atoms with van der Waals surface area (Å²) in [6.45, 7) is 6.96. The maximum absolute atomic E-state index is 12.6. The van der Waals surface area contributed by atoms with Crippen molar-refractivity contribution in [1.29, 1.82) is 0 Å². The van der Waals surface area contributed by atoms with Gasteiger partial charge in [-0.2, -0.15) is 0 Å². The van der Waals surface area contributed by atoms with Crippen molar-refractivity contribution in [1.82, 2.24) is 20.5 Å². The van der Waals surface area contributed by atoms with E-state index in [1.807, 2.05) is 54.3 Å². The zero-order valence-corrected chi connectivity index (χ0v) is 18.4. The smallest absolute Gasteiger partial charge is 0.224 e. The lowest BCUT2D eigenvalue weighted by Crippen LogP contribution is -2.49. The van der Waals surface area contributed by atoms with Crippen LogP contribution in [0.3, 0.4) is 0 Å². The Kier molecular flexibility index (Phi) is 8.51. The van der Waals surface area contributed by atoms with Gasteiger partial charge < -0.3 is 25.2 Å². The molecule has 2 aromatic rings. The van der Waals surface area contributed by atoms with Gasteiger partial charge in [0, 0.05) is 51.9 Å². The number of carbonyl (C=O) groups is 1. The molecule has 166 valence electrons. The highest BCUT2D eigenvalue weighted by molar-refractivity contribution is 5.81. The zero-order chi connectivity index (χ0) is 21.9. The van der Waals surface area contributed by atoms with E-state index in [-0.39, 0.29) is 5.91 Å². The van der Waals surface area contributed by atoms with Crippen LogP contribution in [0.15, 0.2) is 53.7 Å². The summed E-state index contributed by atoms with van der Waals surface area (Å²) in [5, 5.41) is 6.49. The third kappa shape index (κ3) is 6.87. The monoisotopic (exact) mass is 424 g/mol. The number of hydrogen-bond donors (Lipinski definition) is 2. The Labute approximate surface area is 184 Å². The predicted octanol–water partition coefficient (Wildman–Crippen LogP) is 1.88. The van der Waals surface area contributed by atoms with Gasteiger partial charge in [0.1, 0.15) is 11.6 Å². The lowest BCUT2D eigenvalue weighted by Gasteiger charge is -2.35. The van der Waals surface area contributed by atoms with Crippen molar-refractivity contribution in [3.05, 3.63) is 54.2 Å². The summed E-state index contributed by atoms with van der Waals surface area (Å²) < 4.78 is 5.19. The SMILES string of the molecule is CCNC(=NCc1ccc(OC)cc1)NCCC(=O)N1CCN(c2ccccn2)CC1. The van der Waals surface area contributed by atoms with Crippen LogP contribution in [0.4, 0.5) is 5.82 Å². The predicted molar refractivity (Wildman–Crippen MR) is 123 cm³/mol. The highest BCUT2D eigenvalue weighted by atomic mass is 16.5. The van der Waals surface area contributed by atoms with E-state index >= 15 is 0 Å². The van der Waals surface area contributed by atoms with E-state index in [9.17, 15) is 4.79 Å².